The van der Waals surface area contributed by atoms with Gasteiger partial charge in [0.1, 0.15) is 5.60 Å². The Kier molecular flexibility index (Phi) is 6.42. The minimum absolute atomic E-state index is 0.399. The molecule has 7 heteroatoms. The van der Waals surface area contributed by atoms with E-state index >= 15 is 0 Å². The van der Waals surface area contributed by atoms with Crippen molar-refractivity contribution in [3.63, 3.8) is 0 Å². The molecule has 0 bridgehead atoms. The van der Waals surface area contributed by atoms with Gasteiger partial charge >= 0.3 is 6.09 Å². The van der Waals surface area contributed by atoms with Gasteiger partial charge in [-0.3, -0.25) is 0 Å². The maximum absolute atomic E-state index is 12.7. The number of carbonyl (C=O) groups excluding carboxylic acids is 1. The molecule has 2 heterocycles. The molecule has 0 atom stereocenters. The van der Waals surface area contributed by atoms with Crippen LogP contribution < -0.4 is 5.32 Å². The van der Waals surface area contributed by atoms with E-state index in [1.165, 1.54) is 0 Å². The van der Waals surface area contributed by atoms with Gasteiger partial charge in [-0.25, -0.2) is 14.3 Å². The summed E-state index contributed by atoms with van der Waals surface area (Å²) in [6, 6.07) is 30.3. The minimum Gasteiger partial charge on any atom is -0.444 e. The monoisotopic (exact) mass is 546 g/mol. The molecule has 0 radical (unpaired) electrons. The van der Waals surface area contributed by atoms with Crippen LogP contribution in [0.5, 0.6) is 0 Å². The third-order valence-corrected chi connectivity index (χ3v) is 7.42. The molecule has 1 amide bonds. The molecule has 0 unspecified atom stereocenters. The number of nitrogens with one attached hydrogen (secondary N) is 1. The van der Waals surface area contributed by atoms with Crippen molar-refractivity contribution in [1.82, 2.24) is 19.9 Å². The fourth-order valence-corrected chi connectivity index (χ4v) is 5.78. The Balaban J connectivity index is 1.40. The van der Waals surface area contributed by atoms with Crippen LogP contribution in [0.1, 0.15) is 46.1 Å². The lowest BCUT2D eigenvalue weighted by molar-refractivity contribution is -0.0892. The zero-order valence-electron chi connectivity index (χ0n) is 23.8. The first kappa shape index (κ1) is 26.7. The van der Waals surface area contributed by atoms with E-state index in [2.05, 4.69) is 17.4 Å². The maximum atomic E-state index is 12.7. The fraction of sp³-hybridized carbons (Fsp3) is 0.265. The average Bonchev–Trinajstić information content (AvgIpc) is 3.34. The van der Waals surface area contributed by atoms with Crippen LogP contribution in [-0.2, 0) is 10.3 Å². The number of nitrogens with zero attached hydrogens (tertiary/aromatic N) is 3. The van der Waals surface area contributed by atoms with Crippen LogP contribution in [0.3, 0.4) is 0 Å². The molecule has 1 aliphatic rings. The highest BCUT2D eigenvalue weighted by molar-refractivity contribution is 5.82. The quantitative estimate of drug-likeness (QED) is 0.248. The van der Waals surface area contributed by atoms with E-state index in [9.17, 15) is 9.90 Å². The average molecular weight is 547 g/mol. The van der Waals surface area contributed by atoms with Crippen LogP contribution >= 0.6 is 0 Å². The summed E-state index contributed by atoms with van der Waals surface area (Å²) in [6.07, 6.45) is 2.33. The number of aromatic nitrogens is 3. The molecule has 208 valence electrons. The number of fused-ring (bicyclic) bond motifs is 1. The van der Waals surface area contributed by atoms with Crippen LogP contribution in [0.25, 0.3) is 39.3 Å². The Labute approximate surface area is 239 Å². The van der Waals surface area contributed by atoms with Crippen LogP contribution in [0.2, 0.25) is 0 Å². The first-order chi connectivity index (χ1) is 19.5. The number of hydrogen-bond donors (Lipinski definition) is 2. The second-order valence-corrected chi connectivity index (χ2v) is 12.2. The topological polar surface area (TPSA) is 88.8 Å². The summed E-state index contributed by atoms with van der Waals surface area (Å²) in [4.78, 5) is 17.8. The molecule has 0 spiro atoms. The molecule has 1 aliphatic carbocycles. The molecule has 1 fully saturated rings. The number of rotatable bonds is 5. The van der Waals surface area contributed by atoms with Crippen molar-refractivity contribution in [2.45, 2.75) is 57.3 Å². The van der Waals surface area contributed by atoms with E-state index in [4.69, 9.17) is 14.8 Å². The molecule has 1 saturated carbocycles. The molecule has 0 saturated heterocycles. The van der Waals surface area contributed by atoms with Crippen molar-refractivity contribution in [1.29, 1.82) is 0 Å². The molecule has 2 aromatic heterocycles. The van der Waals surface area contributed by atoms with E-state index in [0.717, 1.165) is 44.9 Å². The minimum atomic E-state index is -0.862. The summed E-state index contributed by atoms with van der Waals surface area (Å²) < 4.78 is 7.37. The Morgan fingerprint density at radius 1 is 0.902 bits per heavy atom. The summed E-state index contributed by atoms with van der Waals surface area (Å²) >= 11 is 0. The molecule has 3 aromatic carbocycles. The zero-order chi connectivity index (χ0) is 28.8. The van der Waals surface area contributed by atoms with Crippen molar-refractivity contribution in [2.24, 2.45) is 0 Å². The number of alkyl carbamates (subject to hydrolysis) is 1. The maximum Gasteiger partial charge on any atom is 0.408 e. The van der Waals surface area contributed by atoms with Gasteiger partial charge in [0, 0.05) is 41.8 Å². The summed E-state index contributed by atoms with van der Waals surface area (Å²) in [5.41, 5.74) is 5.14. The van der Waals surface area contributed by atoms with Gasteiger partial charge in [-0.15, -0.1) is 0 Å². The fourth-order valence-electron chi connectivity index (χ4n) is 5.78. The first-order valence-corrected chi connectivity index (χ1v) is 13.9. The number of carbonyl (C=O) groups is 1. The SMILES string of the molecule is CC(C)(C)OC(=O)N[C@]1(c2ccc(-c3nc4cc(-c5ccccc5)nn4cc3-c3ccccc3)cc2)C[C@@](C)(O)C1. The van der Waals surface area contributed by atoms with Gasteiger partial charge in [0.05, 0.1) is 22.5 Å². The van der Waals surface area contributed by atoms with E-state index in [1.807, 2.05) is 110 Å². The van der Waals surface area contributed by atoms with Crippen molar-refractivity contribution < 1.29 is 14.6 Å². The van der Waals surface area contributed by atoms with Gasteiger partial charge in [0.2, 0.25) is 0 Å². The summed E-state index contributed by atoms with van der Waals surface area (Å²) in [5.74, 6) is 0. The van der Waals surface area contributed by atoms with E-state index < -0.39 is 22.8 Å². The van der Waals surface area contributed by atoms with E-state index in [1.54, 1.807) is 6.92 Å². The van der Waals surface area contributed by atoms with Crippen LogP contribution in [-0.4, -0.2) is 37.0 Å². The van der Waals surface area contributed by atoms with E-state index in [0.29, 0.717) is 12.8 Å². The number of amides is 1. The Morgan fingerprint density at radius 3 is 2.10 bits per heavy atom. The third kappa shape index (κ3) is 5.45. The lowest BCUT2D eigenvalue weighted by Crippen LogP contribution is -2.62. The number of aliphatic hydroxyl groups is 1. The summed E-state index contributed by atoms with van der Waals surface area (Å²) in [7, 11) is 0. The second-order valence-electron chi connectivity index (χ2n) is 12.2. The van der Waals surface area contributed by atoms with Crippen LogP contribution in [0, 0.1) is 0 Å². The molecule has 5 aromatic rings. The molecule has 0 aliphatic heterocycles. The van der Waals surface area contributed by atoms with Crippen molar-refractivity contribution >= 4 is 11.7 Å². The Morgan fingerprint density at radius 2 is 1.51 bits per heavy atom. The van der Waals surface area contributed by atoms with Gasteiger partial charge in [-0.05, 0) is 38.8 Å². The zero-order valence-corrected chi connectivity index (χ0v) is 23.8. The van der Waals surface area contributed by atoms with Gasteiger partial charge in [-0.2, -0.15) is 5.10 Å². The van der Waals surface area contributed by atoms with Gasteiger partial charge in [0.15, 0.2) is 5.65 Å². The number of benzene rings is 3. The lowest BCUT2D eigenvalue weighted by atomic mass is 9.62. The molecular formula is C34H34N4O3. The molecular weight excluding hydrogens is 512 g/mol. The van der Waals surface area contributed by atoms with E-state index in [-0.39, 0.29) is 0 Å². The van der Waals surface area contributed by atoms with Crippen molar-refractivity contribution in [2.75, 3.05) is 0 Å². The first-order valence-electron chi connectivity index (χ1n) is 13.9. The summed E-state index contributed by atoms with van der Waals surface area (Å²) in [6.45, 7) is 7.30. The van der Waals surface area contributed by atoms with Gasteiger partial charge in [-0.1, -0.05) is 84.9 Å². The van der Waals surface area contributed by atoms with Crippen LogP contribution in [0.15, 0.2) is 97.2 Å². The predicted octanol–water partition coefficient (Wildman–Crippen LogP) is 7.00. The molecule has 6 rings (SSSR count). The Hall–Kier alpha value is -4.49. The number of ether oxygens (including phenoxy) is 1. The molecule has 41 heavy (non-hydrogen) atoms. The van der Waals surface area contributed by atoms with Gasteiger partial charge in [0.25, 0.3) is 0 Å². The standard InChI is InChI=1S/C34H34N4O3/c1-32(2,3)41-31(39)36-34(21-33(4,40)22-34)26-17-15-25(16-18-26)30-27(23-11-7-5-8-12-23)20-38-29(35-30)19-28(37-38)24-13-9-6-10-14-24/h5-20,40H,21-22H2,1-4H3,(H,36,39)/t33-,34-. The summed E-state index contributed by atoms with van der Waals surface area (Å²) in [5, 5.41) is 18.5. The highest BCUT2D eigenvalue weighted by Crippen LogP contribution is 2.48. The van der Waals surface area contributed by atoms with Crippen LogP contribution in [0.4, 0.5) is 4.79 Å². The highest BCUT2D eigenvalue weighted by Gasteiger charge is 2.53. The smallest absolute Gasteiger partial charge is 0.408 e. The highest BCUT2D eigenvalue weighted by atomic mass is 16.6. The van der Waals surface area contributed by atoms with Crippen molar-refractivity contribution in [3.05, 3.63) is 103 Å². The largest absolute Gasteiger partial charge is 0.444 e. The Bertz CT molecular complexity index is 1690. The molecule has 2 N–H and O–H groups in total. The van der Waals surface area contributed by atoms with Crippen molar-refractivity contribution in [3.8, 4) is 33.6 Å². The third-order valence-electron chi connectivity index (χ3n) is 7.42. The number of hydrogen-bond acceptors (Lipinski definition) is 5. The second kappa shape index (κ2) is 9.85. The predicted molar refractivity (Wildman–Crippen MR) is 160 cm³/mol. The molecule has 7 nitrogen and oxygen atoms in total. The lowest BCUT2D eigenvalue weighted by Gasteiger charge is -2.52. The normalized spacial score (nSPS) is 20.4. The van der Waals surface area contributed by atoms with Gasteiger partial charge < -0.3 is 15.2 Å².